The van der Waals surface area contributed by atoms with Crippen molar-refractivity contribution in [3.63, 3.8) is 0 Å². The number of hydrogen-bond acceptors (Lipinski definition) is 6. The Hall–Kier alpha value is -2.33. The molecule has 0 atom stereocenters. The van der Waals surface area contributed by atoms with Crippen molar-refractivity contribution >= 4 is 27.5 Å². The fourth-order valence-electron chi connectivity index (χ4n) is 1.55. The monoisotopic (exact) mass is 322 g/mol. The van der Waals surface area contributed by atoms with Gasteiger partial charge < -0.3 is 0 Å². The highest BCUT2D eigenvalue weighted by atomic mass is 32.2. The standard InChI is InChI=1S/C11H10N6O2S2/c18-21(19,10-5-6-13-15-10)17-8-1-3-9(4-2-8)20-11-12-7-14-16-11/h1-7,17H,(H,13,15)(H,12,14,16). The van der Waals surface area contributed by atoms with Crippen LogP contribution in [-0.4, -0.2) is 33.8 Å². The Bertz CT molecular complexity index is 797. The van der Waals surface area contributed by atoms with E-state index in [1.54, 1.807) is 24.3 Å². The molecule has 0 aliphatic carbocycles. The number of nitrogens with one attached hydrogen (secondary N) is 3. The first kappa shape index (κ1) is 13.6. The van der Waals surface area contributed by atoms with E-state index in [-0.39, 0.29) is 5.03 Å². The maximum absolute atomic E-state index is 12.0. The number of aromatic nitrogens is 5. The molecular weight excluding hydrogens is 312 g/mol. The highest BCUT2D eigenvalue weighted by Crippen LogP contribution is 2.25. The lowest BCUT2D eigenvalue weighted by atomic mass is 10.3. The number of H-pyrrole nitrogens is 2. The molecule has 0 unspecified atom stereocenters. The number of sulfonamides is 1. The van der Waals surface area contributed by atoms with Gasteiger partial charge in [-0.1, -0.05) is 11.8 Å². The van der Waals surface area contributed by atoms with Gasteiger partial charge in [-0.05, 0) is 30.3 Å². The van der Waals surface area contributed by atoms with Crippen LogP contribution in [0.5, 0.6) is 0 Å². The minimum absolute atomic E-state index is 0.0163. The summed E-state index contributed by atoms with van der Waals surface area (Å²) in [7, 11) is -3.64. The van der Waals surface area contributed by atoms with Crippen LogP contribution >= 0.6 is 11.8 Å². The van der Waals surface area contributed by atoms with E-state index in [9.17, 15) is 8.42 Å². The maximum Gasteiger partial charge on any atom is 0.278 e. The number of nitrogens with zero attached hydrogens (tertiary/aromatic N) is 3. The molecule has 3 N–H and O–H groups in total. The molecule has 0 fully saturated rings. The van der Waals surface area contributed by atoms with Crippen LogP contribution in [0.4, 0.5) is 5.69 Å². The third-order valence-electron chi connectivity index (χ3n) is 2.48. The van der Waals surface area contributed by atoms with Gasteiger partial charge in [-0.15, -0.1) is 0 Å². The summed E-state index contributed by atoms with van der Waals surface area (Å²) in [6.45, 7) is 0. The van der Waals surface area contributed by atoms with Crippen molar-refractivity contribution in [2.75, 3.05) is 4.72 Å². The summed E-state index contributed by atoms with van der Waals surface area (Å²) in [6, 6.07) is 8.31. The largest absolute Gasteiger partial charge is 0.278 e. The maximum atomic E-state index is 12.0. The first-order chi connectivity index (χ1) is 10.1. The lowest BCUT2D eigenvalue weighted by Crippen LogP contribution is -2.13. The Labute approximate surface area is 124 Å². The van der Waals surface area contributed by atoms with Gasteiger partial charge in [0.15, 0.2) is 10.2 Å². The van der Waals surface area contributed by atoms with Gasteiger partial charge >= 0.3 is 0 Å². The molecule has 0 saturated carbocycles. The average Bonchev–Trinajstić information content (AvgIpc) is 3.13. The Morgan fingerprint density at radius 1 is 1.05 bits per heavy atom. The minimum atomic E-state index is -3.64. The van der Waals surface area contributed by atoms with Crippen LogP contribution in [0, 0.1) is 0 Å². The number of anilines is 1. The van der Waals surface area contributed by atoms with Crippen LogP contribution < -0.4 is 4.72 Å². The first-order valence-electron chi connectivity index (χ1n) is 5.79. The van der Waals surface area contributed by atoms with Gasteiger partial charge in [-0.25, -0.2) is 4.98 Å². The molecule has 0 bridgehead atoms. The molecule has 1 aromatic carbocycles. The van der Waals surface area contributed by atoms with Crippen molar-refractivity contribution in [2.45, 2.75) is 15.1 Å². The van der Waals surface area contributed by atoms with Gasteiger partial charge in [0.05, 0.1) is 6.20 Å². The molecular formula is C11H10N6O2S2. The molecule has 2 heterocycles. The van der Waals surface area contributed by atoms with E-state index in [0.717, 1.165) is 4.90 Å². The number of rotatable bonds is 5. The van der Waals surface area contributed by atoms with Gasteiger partial charge in [0, 0.05) is 10.6 Å². The molecule has 0 amide bonds. The van der Waals surface area contributed by atoms with E-state index in [2.05, 4.69) is 30.1 Å². The SMILES string of the molecule is O=S(=O)(Nc1ccc(Sc2ncn[nH]2)cc1)c1ccn[nH]1. The Morgan fingerprint density at radius 3 is 2.48 bits per heavy atom. The zero-order valence-corrected chi connectivity index (χ0v) is 12.1. The van der Waals surface area contributed by atoms with Crippen molar-refractivity contribution in [1.29, 1.82) is 0 Å². The lowest BCUT2D eigenvalue weighted by Gasteiger charge is -2.06. The molecule has 3 aromatic rings. The molecule has 0 aliphatic rings. The topological polar surface area (TPSA) is 116 Å². The second kappa shape index (κ2) is 5.58. The summed E-state index contributed by atoms with van der Waals surface area (Å²) in [5.41, 5.74) is 0.464. The van der Waals surface area contributed by atoms with Crippen LogP contribution in [0.1, 0.15) is 0 Å². The summed E-state index contributed by atoms with van der Waals surface area (Å²) < 4.78 is 26.4. The summed E-state index contributed by atoms with van der Waals surface area (Å²) in [4.78, 5) is 4.91. The molecule has 8 nitrogen and oxygen atoms in total. The average molecular weight is 322 g/mol. The van der Waals surface area contributed by atoms with Crippen molar-refractivity contribution in [3.8, 4) is 0 Å². The number of benzene rings is 1. The highest BCUT2D eigenvalue weighted by molar-refractivity contribution is 7.99. The molecule has 108 valence electrons. The van der Waals surface area contributed by atoms with Gasteiger partial charge in [0.2, 0.25) is 0 Å². The van der Waals surface area contributed by atoms with Gasteiger partial charge in [-0.2, -0.15) is 18.6 Å². The summed E-state index contributed by atoms with van der Waals surface area (Å²) in [5.74, 6) is 0. The smallest absolute Gasteiger partial charge is 0.278 e. The van der Waals surface area contributed by atoms with Crippen molar-refractivity contribution < 1.29 is 8.42 Å². The fraction of sp³-hybridized carbons (Fsp3) is 0. The third kappa shape index (κ3) is 3.23. The van der Waals surface area contributed by atoms with Crippen LogP contribution in [0.15, 0.2) is 57.9 Å². The Balaban J connectivity index is 1.73. The second-order valence-electron chi connectivity index (χ2n) is 3.94. The molecule has 0 aliphatic heterocycles. The van der Waals surface area contributed by atoms with Crippen molar-refractivity contribution in [2.24, 2.45) is 0 Å². The zero-order chi connectivity index (χ0) is 14.7. The van der Waals surface area contributed by atoms with Crippen LogP contribution in [-0.2, 0) is 10.0 Å². The van der Waals surface area contributed by atoms with E-state index in [0.29, 0.717) is 10.8 Å². The van der Waals surface area contributed by atoms with Crippen molar-refractivity contribution in [1.82, 2.24) is 25.4 Å². The minimum Gasteiger partial charge on any atom is -0.278 e. The molecule has 2 aromatic heterocycles. The normalized spacial score (nSPS) is 11.4. The van der Waals surface area contributed by atoms with Gasteiger partial charge in [0.1, 0.15) is 6.33 Å². The summed E-state index contributed by atoms with van der Waals surface area (Å²) >= 11 is 1.40. The van der Waals surface area contributed by atoms with Crippen LogP contribution in [0.25, 0.3) is 0 Å². The number of hydrogen-bond donors (Lipinski definition) is 3. The third-order valence-corrected chi connectivity index (χ3v) is 4.69. The molecule has 0 spiro atoms. The van der Waals surface area contributed by atoms with Crippen LogP contribution in [0.3, 0.4) is 0 Å². The first-order valence-corrected chi connectivity index (χ1v) is 8.09. The molecule has 10 heteroatoms. The Morgan fingerprint density at radius 2 is 1.86 bits per heavy atom. The summed E-state index contributed by atoms with van der Waals surface area (Å²) in [5, 5.41) is 13.2. The van der Waals surface area contributed by atoms with Gasteiger partial charge in [-0.3, -0.25) is 14.9 Å². The predicted molar refractivity (Wildman–Crippen MR) is 76.3 cm³/mol. The second-order valence-corrected chi connectivity index (χ2v) is 6.66. The quantitative estimate of drug-likeness (QED) is 0.655. The van der Waals surface area contributed by atoms with Gasteiger partial charge in [0.25, 0.3) is 10.0 Å². The molecule has 21 heavy (non-hydrogen) atoms. The zero-order valence-electron chi connectivity index (χ0n) is 10.5. The Kier molecular flexibility index (Phi) is 3.62. The van der Waals surface area contributed by atoms with Crippen molar-refractivity contribution in [3.05, 3.63) is 42.9 Å². The summed E-state index contributed by atoms with van der Waals surface area (Å²) in [6.07, 6.45) is 2.81. The number of aromatic amines is 2. The predicted octanol–water partition coefficient (Wildman–Crippen LogP) is 1.48. The molecule has 0 saturated heterocycles. The molecule has 3 rings (SSSR count). The van der Waals surface area contributed by atoms with Crippen LogP contribution in [0.2, 0.25) is 0 Å². The van der Waals surface area contributed by atoms with E-state index in [1.165, 1.54) is 30.4 Å². The fourth-order valence-corrected chi connectivity index (χ4v) is 3.21. The van der Waals surface area contributed by atoms with E-state index in [1.807, 2.05) is 0 Å². The van der Waals surface area contributed by atoms with E-state index >= 15 is 0 Å². The van der Waals surface area contributed by atoms with E-state index < -0.39 is 10.0 Å². The lowest BCUT2D eigenvalue weighted by molar-refractivity contribution is 0.597. The molecule has 0 radical (unpaired) electrons. The highest BCUT2D eigenvalue weighted by Gasteiger charge is 2.15. The van der Waals surface area contributed by atoms with E-state index in [4.69, 9.17) is 0 Å².